The van der Waals surface area contributed by atoms with E-state index in [1.54, 1.807) is 42.5 Å². The van der Waals surface area contributed by atoms with Gasteiger partial charge in [0.05, 0.1) is 23.8 Å². The van der Waals surface area contributed by atoms with Crippen LogP contribution in [0.4, 0.5) is 4.39 Å². The summed E-state index contributed by atoms with van der Waals surface area (Å²) >= 11 is 8.66. The van der Waals surface area contributed by atoms with Crippen molar-refractivity contribution in [1.29, 1.82) is 0 Å². The number of hydrogen-bond acceptors (Lipinski definition) is 12. The van der Waals surface area contributed by atoms with E-state index in [0.717, 1.165) is 64.4 Å². The Morgan fingerprint density at radius 3 is 2.57 bits per heavy atom. The van der Waals surface area contributed by atoms with E-state index in [0.29, 0.717) is 62.3 Å². The lowest BCUT2D eigenvalue weighted by atomic mass is 9.94. The van der Waals surface area contributed by atoms with Crippen LogP contribution in [-0.4, -0.2) is 92.7 Å². The number of fused-ring (bicyclic) bond motifs is 6. The van der Waals surface area contributed by atoms with Crippen molar-refractivity contribution in [2.24, 2.45) is 0 Å². The predicted molar refractivity (Wildman–Crippen MR) is 247 cm³/mol. The third-order valence-electron chi connectivity index (χ3n) is 11.7. The summed E-state index contributed by atoms with van der Waals surface area (Å²) in [5.74, 6) is -0.0891. The lowest BCUT2D eigenvalue weighted by Crippen LogP contribution is -2.44. The number of carboxylic acid groups (broad SMARTS) is 1. The number of thiophene rings is 1. The summed E-state index contributed by atoms with van der Waals surface area (Å²) in [4.78, 5) is 51.3. The summed E-state index contributed by atoms with van der Waals surface area (Å²) in [6, 6.07) is 24.8. The SMILES string of the molecule is COc1ccccc1-c1nccc(COc2ccc3cc2C[C@H](C(=O)O)Oc2ncnc4sc(-c5ccc(F)cc5)c(c24)-c2ccc(c(Cl)c2C)CN(C(=O)CCN2CCNCC2)C3)n1. The van der Waals surface area contributed by atoms with E-state index in [4.69, 9.17) is 30.8 Å². The number of ether oxygens (including phenoxy) is 3. The number of rotatable bonds is 10. The highest BCUT2D eigenvalue weighted by molar-refractivity contribution is 7.22. The molecule has 3 aromatic heterocycles. The van der Waals surface area contributed by atoms with Crippen LogP contribution >= 0.6 is 22.9 Å². The molecule has 0 saturated carbocycles. The molecule has 4 bridgehead atoms. The van der Waals surface area contributed by atoms with Gasteiger partial charge in [-0.25, -0.2) is 29.1 Å². The predicted octanol–water partition coefficient (Wildman–Crippen LogP) is 8.38. The topological polar surface area (TPSA) is 152 Å². The zero-order valence-electron chi connectivity index (χ0n) is 35.7. The molecule has 3 aliphatic heterocycles. The highest BCUT2D eigenvalue weighted by Gasteiger charge is 2.30. The number of amides is 1. The van der Waals surface area contributed by atoms with Crippen molar-refractivity contribution in [3.63, 3.8) is 0 Å². The maximum atomic E-state index is 14.3. The number of carbonyl (C=O) groups excluding carboxylic acids is 1. The molecule has 0 unspecified atom stereocenters. The van der Waals surface area contributed by atoms with Crippen LogP contribution in [0.25, 0.3) is 43.2 Å². The first-order valence-corrected chi connectivity index (χ1v) is 22.4. The van der Waals surface area contributed by atoms with E-state index in [9.17, 15) is 19.1 Å². The smallest absolute Gasteiger partial charge is 0.345 e. The maximum Gasteiger partial charge on any atom is 0.345 e. The number of aliphatic carboxylic acids is 1. The quantitative estimate of drug-likeness (QED) is 0.136. The van der Waals surface area contributed by atoms with Gasteiger partial charge >= 0.3 is 5.97 Å². The Kier molecular flexibility index (Phi) is 13.0. The normalized spacial score (nSPS) is 15.4. The molecule has 10 rings (SSSR count). The van der Waals surface area contributed by atoms with Gasteiger partial charge in [0.15, 0.2) is 5.82 Å². The largest absolute Gasteiger partial charge is 0.496 e. The Labute approximate surface area is 383 Å². The third kappa shape index (κ3) is 9.50. The van der Waals surface area contributed by atoms with E-state index in [1.807, 2.05) is 55.5 Å². The van der Waals surface area contributed by atoms with E-state index >= 15 is 0 Å². The Bertz CT molecular complexity index is 2890. The van der Waals surface area contributed by atoms with Crippen LogP contribution in [0.1, 0.15) is 34.4 Å². The van der Waals surface area contributed by atoms with Crippen molar-refractivity contribution < 1.29 is 33.3 Å². The number of benzene rings is 4. The molecule has 1 fully saturated rings. The van der Waals surface area contributed by atoms with Gasteiger partial charge < -0.3 is 34.4 Å². The minimum absolute atomic E-state index is 0.0383. The molecule has 0 spiro atoms. The van der Waals surface area contributed by atoms with Gasteiger partial charge in [-0.2, -0.15) is 0 Å². The standard InChI is InChI=1S/C49H45ClFN7O6S/c1-29-36-13-10-32(44(29)50)26-58(41(59)16-20-57-21-18-52-19-22-57)25-30-7-14-38(63-27-35-15-17-53-46(56-35)37-5-3-4-6-39(37)62-2)33(23-30)24-40(49(60)61)64-47-43-42(36)45(65-48(43)55-28-54-47)31-8-11-34(51)12-9-31/h3-15,17,23,28,40,52H,16,18-22,24-27H2,1-2H3,(H,60,61)/t40-/m1/s1. The number of hydrogen-bond donors (Lipinski definition) is 2. The second kappa shape index (κ2) is 19.3. The van der Waals surface area contributed by atoms with Crippen LogP contribution < -0.4 is 19.5 Å². The summed E-state index contributed by atoms with van der Waals surface area (Å²) in [5, 5.41) is 15.2. The average molecular weight is 914 g/mol. The van der Waals surface area contributed by atoms with Crippen LogP contribution in [0.15, 0.2) is 97.5 Å². The lowest BCUT2D eigenvalue weighted by molar-refractivity contribution is -0.145. The fourth-order valence-corrected chi connectivity index (χ4v) is 9.71. The van der Waals surface area contributed by atoms with Crippen LogP contribution in [0, 0.1) is 12.7 Å². The number of methoxy groups -OCH3 is 1. The molecule has 1 saturated heterocycles. The van der Waals surface area contributed by atoms with Crippen molar-refractivity contribution >= 4 is 45.0 Å². The fraction of sp³-hybridized carbons (Fsp3) is 0.265. The van der Waals surface area contributed by atoms with Gasteiger partial charge in [0, 0.05) is 80.3 Å². The molecule has 16 heteroatoms. The van der Waals surface area contributed by atoms with Crippen LogP contribution in [0.2, 0.25) is 5.02 Å². The number of nitrogens with one attached hydrogen (secondary N) is 1. The summed E-state index contributed by atoms with van der Waals surface area (Å²) in [6.07, 6.45) is 1.73. The van der Waals surface area contributed by atoms with Gasteiger partial charge in [-0.05, 0) is 76.7 Å². The van der Waals surface area contributed by atoms with Crippen molar-refractivity contribution in [2.75, 3.05) is 39.8 Å². The van der Waals surface area contributed by atoms with E-state index < -0.39 is 12.1 Å². The summed E-state index contributed by atoms with van der Waals surface area (Å²) in [5.41, 5.74) is 6.22. The molecule has 0 radical (unpaired) electrons. The summed E-state index contributed by atoms with van der Waals surface area (Å²) in [7, 11) is 1.59. The summed E-state index contributed by atoms with van der Waals surface area (Å²) in [6.45, 7) is 6.46. The fourth-order valence-electron chi connectivity index (χ4n) is 8.33. The van der Waals surface area contributed by atoms with E-state index in [1.165, 1.54) is 29.8 Å². The molecule has 0 aliphatic carbocycles. The Morgan fingerprint density at radius 1 is 0.954 bits per heavy atom. The molecule has 4 aromatic carbocycles. The molecule has 1 atom stereocenters. The number of piperazine rings is 1. The van der Waals surface area contributed by atoms with E-state index in [2.05, 4.69) is 25.2 Å². The van der Waals surface area contributed by atoms with Crippen molar-refractivity contribution in [1.82, 2.24) is 35.1 Å². The monoisotopic (exact) mass is 913 g/mol. The number of para-hydroxylation sites is 1. The highest BCUT2D eigenvalue weighted by atomic mass is 35.5. The number of carbonyl (C=O) groups is 2. The first kappa shape index (κ1) is 43.7. The molecule has 2 N–H and O–H groups in total. The average Bonchev–Trinajstić information content (AvgIpc) is 3.72. The van der Waals surface area contributed by atoms with Gasteiger partial charge in [0.1, 0.15) is 35.1 Å². The first-order chi connectivity index (χ1) is 31.6. The minimum atomic E-state index is -1.44. The van der Waals surface area contributed by atoms with Gasteiger partial charge in [-0.1, -0.05) is 60.1 Å². The van der Waals surface area contributed by atoms with Crippen LogP contribution in [-0.2, 0) is 35.7 Å². The zero-order valence-corrected chi connectivity index (χ0v) is 37.3. The molecule has 6 heterocycles. The Balaban J connectivity index is 1.14. The van der Waals surface area contributed by atoms with Gasteiger partial charge in [0.25, 0.3) is 0 Å². The van der Waals surface area contributed by atoms with Crippen LogP contribution in [0.3, 0.4) is 0 Å². The molecule has 65 heavy (non-hydrogen) atoms. The molecular weight excluding hydrogens is 869 g/mol. The first-order valence-electron chi connectivity index (χ1n) is 21.3. The van der Waals surface area contributed by atoms with Gasteiger partial charge in [-0.15, -0.1) is 11.3 Å². The van der Waals surface area contributed by atoms with E-state index in [-0.39, 0.29) is 43.7 Å². The third-order valence-corrected chi connectivity index (χ3v) is 13.4. The van der Waals surface area contributed by atoms with Crippen molar-refractivity contribution in [3.05, 3.63) is 136 Å². The molecule has 3 aliphatic rings. The van der Waals surface area contributed by atoms with Gasteiger partial charge in [-0.3, -0.25) is 4.79 Å². The maximum absolute atomic E-state index is 14.3. The van der Waals surface area contributed by atoms with Crippen LogP contribution in [0.5, 0.6) is 17.4 Å². The number of carboxylic acids is 1. The van der Waals surface area contributed by atoms with Crippen molar-refractivity contribution in [3.8, 4) is 50.3 Å². The second-order valence-electron chi connectivity index (χ2n) is 15.9. The number of aromatic nitrogens is 4. The Morgan fingerprint density at radius 2 is 1.77 bits per heavy atom. The number of nitrogens with zero attached hydrogens (tertiary/aromatic N) is 6. The highest BCUT2D eigenvalue weighted by Crippen LogP contribution is 2.49. The second-order valence-corrected chi connectivity index (χ2v) is 17.3. The molecule has 7 aromatic rings. The van der Waals surface area contributed by atoms with Crippen molar-refractivity contribution in [2.45, 2.75) is 45.6 Å². The molecular formula is C49H45ClFN7O6S. The minimum Gasteiger partial charge on any atom is -0.496 e. The molecule has 1 amide bonds. The lowest BCUT2D eigenvalue weighted by Gasteiger charge is -2.29. The van der Waals surface area contributed by atoms with Gasteiger partial charge in [0.2, 0.25) is 17.9 Å². The summed E-state index contributed by atoms with van der Waals surface area (Å²) < 4.78 is 32.7. The number of halogens is 2. The zero-order chi connectivity index (χ0) is 45.0. The molecule has 13 nitrogen and oxygen atoms in total. The molecule has 332 valence electrons. The Hall–Kier alpha value is -6.52.